The van der Waals surface area contributed by atoms with Crippen molar-refractivity contribution in [2.45, 2.75) is 13.3 Å². The Morgan fingerprint density at radius 1 is 1.33 bits per heavy atom. The van der Waals surface area contributed by atoms with E-state index >= 15 is 0 Å². The van der Waals surface area contributed by atoms with E-state index in [4.69, 9.17) is 0 Å². The van der Waals surface area contributed by atoms with Gasteiger partial charge < -0.3 is 0 Å². The van der Waals surface area contributed by atoms with E-state index in [1.165, 1.54) is 6.92 Å². The number of H-pyrrole nitrogens is 1. The molecule has 0 amide bonds. The Morgan fingerprint density at radius 3 is 2.67 bits per heavy atom. The Morgan fingerprint density at radius 2 is 2.07 bits per heavy atom. The maximum Gasteiger partial charge on any atom is 0.216 e. The zero-order chi connectivity index (χ0) is 10.7. The van der Waals surface area contributed by atoms with Crippen molar-refractivity contribution >= 4 is 5.78 Å². The summed E-state index contributed by atoms with van der Waals surface area (Å²) in [6.07, 6.45) is 0.668. The number of Topliss-reactive ketones (excluding diaryl/α,β-unsaturated/α-hetero) is 1. The van der Waals surface area contributed by atoms with Crippen LogP contribution in [0.1, 0.15) is 28.9 Å². The third-order valence-corrected chi connectivity index (χ3v) is 2.06. The van der Waals surface area contributed by atoms with Crippen LogP contribution in [-0.4, -0.2) is 21.0 Å². The van der Waals surface area contributed by atoms with Gasteiger partial charge in [0.05, 0.1) is 0 Å². The molecule has 0 aliphatic carbocycles. The first-order chi connectivity index (χ1) is 7.25. The molecule has 1 heterocycles. The minimum Gasteiger partial charge on any atom is -0.291 e. The second kappa shape index (κ2) is 4.04. The number of carbonyl (C=O) groups is 1. The number of aromatic nitrogens is 3. The molecule has 0 bridgehead atoms. The maximum atomic E-state index is 11.0. The Labute approximate surface area is 87.4 Å². The number of ketones is 1. The van der Waals surface area contributed by atoms with Gasteiger partial charge in [-0.1, -0.05) is 30.3 Å². The van der Waals surface area contributed by atoms with Crippen LogP contribution in [0, 0.1) is 0 Å². The lowest BCUT2D eigenvalue weighted by Gasteiger charge is -1.95. The number of rotatable bonds is 3. The van der Waals surface area contributed by atoms with Crippen molar-refractivity contribution in [2.24, 2.45) is 0 Å². The van der Waals surface area contributed by atoms with Crippen molar-refractivity contribution in [3.8, 4) is 0 Å². The molecule has 0 unspecified atom stereocenters. The van der Waals surface area contributed by atoms with E-state index in [1.54, 1.807) is 0 Å². The molecule has 1 aromatic carbocycles. The van der Waals surface area contributed by atoms with Crippen LogP contribution in [-0.2, 0) is 6.42 Å². The number of nitrogens with one attached hydrogen (secondary N) is 1. The topological polar surface area (TPSA) is 58.6 Å². The summed E-state index contributed by atoms with van der Waals surface area (Å²) in [5, 5.41) is 6.58. The van der Waals surface area contributed by atoms with E-state index in [2.05, 4.69) is 15.2 Å². The molecule has 0 atom stereocenters. The van der Waals surface area contributed by atoms with Crippen molar-refractivity contribution < 1.29 is 4.79 Å². The summed E-state index contributed by atoms with van der Waals surface area (Å²) in [7, 11) is 0. The maximum absolute atomic E-state index is 11.0. The lowest BCUT2D eigenvalue weighted by atomic mass is 10.1. The number of benzene rings is 1. The van der Waals surface area contributed by atoms with E-state index in [0.717, 1.165) is 5.56 Å². The van der Waals surface area contributed by atoms with Gasteiger partial charge in [0.15, 0.2) is 5.78 Å². The zero-order valence-electron chi connectivity index (χ0n) is 8.40. The monoisotopic (exact) mass is 201 g/mol. The van der Waals surface area contributed by atoms with Crippen LogP contribution >= 0.6 is 0 Å². The minimum atomic E-state index is -0.120. The molecule has 15 heavy (non-hydrogen) atoms. The number of aromatic amines is 1. The highest BCUT2D eigenvalue weighted by Gasteiger charge is 2.07. The Kier molecular flexibility index (Phi) is 2.58. The molecule has 0 saturated carbocycles. The van der Waals surface area contributed by atoms with Gasteiger partial charge in [-0.3, -0.25) is 9.89 Å². The van der Waals surface area contributed by atoms with Gasteiger partial charge in [-0.2, -0.15) is 5.10 Å². The molecule has 0 radical (unpaired) electrons. The lowest BCUT2D eigenvalue weighted by Crippen LogP contribution is -1.95. The van der Waals surface area contributed by atoms with Crippen LogP contribution in [0.5, 0.6) is 0 Å². The van der Waals surface area contributed by atoms with Crippen molar-refractivity contribution in [3.63, 3.8) is 0 Å². The van der Waals surface area contributed by atoms with Crippen molar-refractivity contribution in [1.29, 1.82) is 0 Å². The summed E-state index contributed by atoms with van der Waals surface area (Å²) in [6.45, 7) is 1.45. The fraction of sp³-hybridized carbons (Fsp3) is 0.182. The molecular weight excluding hydrogens is 190 g/mol. The first-order valence-electron chi connectivity index (χ1n) is 4.72. The molecule has 0 spiro atoms. The predicted octanol–water partition coefficient (Wildman–Crippen LogP) is 1.60. The Bertz CT molecular complexity index is 462. The Hall–Kier alpha value is -1.97. The van der Waals surface area contributed by atoms with Gasteiger partial charge in [-0.15, -0.1) is 0 Å². The van der Waals surface area contributed by atoms with E-state index < -0.39 is 0 Å². The number of nitrogens with zero attached hydrogens (tertiary/aromatic N) is 2. The summed E-state index contributed by atoms with van der Waals surface area (Å²) in [6, 6.07) is 9.92. The second-order valence-electron chi connectivity index (χ2n) is 3.32. The first-order valence-corrected chi connectivity index (χ1v) is 4.72. The van der Waals surface area contributed by atoms with Crippen LogP contribution in [0.2, 0.25) is 0 Å². The van der Waals surface area contributed by atoms with E-state index in [9.17, 15) is 4.79 Å². The second-order valence-corrected chi connectivity index (χ2v) is 3.32. The summed E-state index contributed by atoms with van der Waals surface area (Å²) in [4.78, 5) is 15.1. The van der Waals surface area contributed by atoms with Gasteiger partial charge in [0.25, 0.3) is 0 Å². The molecule has 4 nitrogen and oxygen atoms in total. The van der Waals surface area contributed by atoms with Gasteiger partial charge in [-0.05, 0) is 5.56 Å². The van der Waals surface area contributed by atoms with Crippen LogP contribution in [0.3, 0.4) is 0 Å². The molecular formula is C11H11N3O. The van der Waals surface area contributed by atoms with Crippen molar-refractivity contribution in [3.05, 3.63) is 47.5 Å². The highest BCUT2D eigenvalue weighted by Crippen LogP contribution is 2.04. The lowest BCUT2D eigenvalue weighted by molar-refractivity contribution is 0.100. The average molecular weight is 201 g/mol. The molecule has 1 aromatic heterocycles. The molecule has 0 fully saturated rings. The fourth-order valence-electron chi connectivity index (χ4n) is 1.32. The van der Waals surface area contributed by atoms with E-state index in [-0.39, 0.29) is 11.6 Å². The summed E-state index contributed by atoms with van der Waals surface area (Å²) >= 11 is 0. The average Bonchev–Trinajstić information content (AvgIpc) is 2.68. The minimum absolute atomic E-state index is 0.120. The molecule has 2 aromatic rings. The van der Waals surface area contributed by atoms with E-state index in [0.29, 0.717) is 12.2 Å². The predicted molar refractivity (Wildman–Crippen MR) is 55.6 cm³/mol. The van der Waals surface area contributed by atoms with Crippen LogP contribution < -0.4 is 0 Å². The largest absolute Gasteiger partial charge is 0.291 e. The summed E-state index contributed by atoms with van der Waals surface area (Å²) < 4.78 is 0. The normalized spacial score (nSPS) is 10.2. The molecule has 0 aliphatic rings. The molecule has 76 valence electrons. The third-order valence-electron chi connectivity index (χ3n) is 2.06. The third kappa shape index (κ3) is 2.28. The molecule has 1 N–H and O–H groups in total. The van der Waals surface area contributed by atoms with Gasteiger partial charge in [-0.25, -0.2) is 4.98 Å². The number of hydrogen-bond acceptors (Lipinski definition) is 3. The Balaban J connectivity index is 2.15. The van der Waals surface area contributed by atoms with Gasteiger partial charge in [0, 0.05) is 13.3 Å². The van der Waals surface area contributed by atoms with Gasteiger partial charge >= 0.3 is 0 Å². The highest BCUT2D eigenvalue weighted by atomic mass is 16.1. The quantitative estimate of drug-likeness (QED) is 0.767. The van der Waals surface area contributed by atoms with Crippen LogP contribution in [0.25, 0.3) is 0 Å². The van der Waals surface area contributed by atoms with Crippen molar-refractivity contribution in [2.75, 3.05) is 0 Å². The van der Waals surface area contributed by atoms with Crippen LogP contribution in [0.4, 0.5) is 0 Å². The van der Waals surface area contributed by atoms with E-state index in [1.807, 2.05) is 30.3 Å². The van der Waals surface area contributed by atoms with Crippen molar-refractivity contribution in [1.82, 2.24) is 15.2 Å². The summed E-state index contributed by atoms with van der Waals surface area (Å²) in [5.41, 5.74) is 1.14. The summed E-state index contributed by atoms with van der Waals surface area (Å²) in [5.74, 6) is 0.845. The molecule has 2 rings (SSSR count). The number of carbonyl (C=O) groups excluding carboxylic acids is 1. The van der Waals surface area contributed by atoms with Gasteiger partial charge in [0.2, 0.25) is 5.82 Å². The first kappa shape index (κ1) is 9.58. The fourth-order valence-corrected chi connectivity index (χ4v) is 1.32. The molecule has 0 saturated heterocycles. The zero-order valence-corrected chi connectivity index (χ0v) is 8.40. The van der Waals surface area contributed by atoms with Crippen LogP contribution in [0.15, 0.2) is 30.3 Å². The SMILES string of the molecule is CC(=O)c1n[nH]c(Cc2ccccc2)n1. The number of hydrogen-bond donors (Lipinski definition) is 1. The highest BCUT2D eigenvalue weighted by molar-refractivity contribution is 5.90. The standard InChI is InChI=1S/C11H11N3O/c1-8(15)11-12-10(13-14-11)7-9-5-3-2-4-6-9/h2-6H,7H2,1H3,(H,12,13,14). The molecule has 0 aliphatic heterocycles. The smallest absolute Gasteiger partial charge is 0.216 e. The van der Waals surface area contributed by atoms with Gasteiger partial charge in [0.1, 0.15) is 5.82 Å². The molecule has 4 heteroatoms.